The first-order valence-electron chi connectivity index (χ1n) is 6.11. The minimum atomic E-state index is -0.858. The van der Waals surface area contributed by atoms with Crippen LogP contribution in [0.5, 0.6) is 0 Å². The Morgan fingerprint density at radius 1 is 1.42 bits per heavy atom. The van der Waals surface area contributed by atoms with E-state index in [0.717, 1.165) is 29.1 Å². The standard InChI is InChI=1S/C13H13N3O2S/c17-13(18)16-7-1-2-11(16)12-15-10(8-19-12)9-3-5-14-6-4-9/h3-6,8,11H,1-2,7H2,(H,17,18). The maximum absolute atomic E-state index is 11.2. The number of rotatable bonds is 2. The van der Waals surface area contributed by atoms with Gasteiger partial charge in [-0.05, 0) is 25.0 Å². The molecule has 98 valence electrons. The van der Waals surface area contributed by atoms with E-state index in [9.17, 15) is 4.79 Å². The first kappa shape index (κ1) is 12.1. The molecule has 19 heavy (non-hydrogen) atoms. The van der Waals surface area contributed by atoms with Crippen molar-refractivity contribution in [1.82, 2.24) is 14.9 Å². The van der Waals surface area contributed by atoms with Crippen molar-refractivity contribution in [2.45, 2.75) is 18.9 Å². The van der Waals surface area contributed by atoms with Crippen molar-refractivity contribution in [3.05, 3.63) is 34.9 Å². The molecule has 1 unspecified atom stereocenters. The quantitative estimate of drug-likeness (QED) is 0.914. The Labute approximate surface area is 114 Å². The van der Waals surface area contributed by atoms with Crippen LogP contribution in [0.25, 0.3) is 11.3 Å². The molecule has 2 aromatic heterocycles. The van der Waals surface area contributed by atoms with Gasteiger partial charge in [-0.25, -0.2) is 9.78 Å². The molecule has 0 radical (unpaired) electrons. The zero-order valence-corrected chi connectivity index (χ0v) is 11.0. The summed E-state index contributed by atoms with van der Waals surface area (Å²) in [5.74, 6) is 0. The predicted molar refractivity (Wildman–Crippen MR) is 72.1 cm³/mol. The van der Waals surface area contributed by atoms with Crippen LogP contribution in [0.15, 0.2) is 29.9 Å². The van der Waals surface area contributed by atoms with Crippen LogP contribution < -0.4 is 0 Å². The van der Waals surface area contributed by atoms with Crippen molar-refractivity contribution < 1.29 is 9.90 Å². The number of likely N-dealkylation sites (tertiary alicyclic amines) is 1. The number of thiazole rings is 1. The van der Waals surface area contributed by atoms with Crippen molar-refractivity contribution in [2.24, 2.45) is 0 Å². The Hall–Kier alpha value is -1.95. The first-order chi connectivity index (χ1) is 9.25. The van der Waals surface area contributed by atoms with Crippen molar-refractivity contribution in [1.29, 1.82) is 0 Å². The molecule has 1 aliphatic heterocycles. The third kappa shape index (κ3) is 2.31. The van der Waals surface area contributed by atoms with Crippen LogP contribution in [-0.4, -0.2) is 32.6 Å². The van der Waals surface area contributed by atoms with Gasteiger partial charge in [-0.15, -0.1) is 11.3 Å². The Kier molecular flexibility index (Phi) is 3.16. The molecule has 0 spiro atoms. The second-order valence-electron chi connectivity index (χ2n) is 4.44. The molecule has 1 saturated heterocycles. The topological polar surface area (TPSA) is 66.3 Å². The molecule has 3 rings (SSSR count). The lowest BCUT2D eigenvalue weighted by molar-refractivity contribution is 0.140. The highest BCUT2D eigenvalue weighted by Gasteiger charge is 2.31. The summed E-state index contributed by atoms with van der Waals surface area (Å²) in [5.41, 5.74) is 1.90. The van der Waals surface area contributed by atoms with E-state index in [2.05, 4.69) is 9.97 Å². The third-order valence-electron chi connectivity index (χ3n) is 3.28. The Morgan fingerprint density at radius 2 is 2.21 bits per heavy atom. The molecule has 5 nitrogen and oxygen atoms in total. The lowest BCUT2D eigenvalue weighted by Crippen LogP contribution is -2.28. The summed E-state index contributed by atoms with van der Waals surface area (Å²) < 4.78 is 0. The number of aromatic nitrogens is 2. The van der Waals surface area contributed by atoms with Crippen LogP contribution in [0.1, 0.15) is 23.9 Å². The molecule has 1 fully saturated rings. The molecule has 0 aromatic carbocycles. The molecule has 1 N–H and O–H groups in total. The average molecular weight is 275 g/mol. The van der Waals surface area contributed by atoms with Crippen molar-refractivity contribution in [3.8, 4) is 11.3 Å². The maximum Gasteiger partial charge on any atom is 0.407 e. The van der Waals surface area contributed by atoms with E-state index in [1.807, 2.05) is 17.5 Å². The van der Waals surface area contributed by atoms with Gasteiger partial charge in [0, 0.05) is 29.9 Å². The minimum absolute atomic E-state index is 0.0851. The summed E-state index contributed by atoms with van der Waals surface area (Å²) in [6.45, 7) is 0.601. The molecule has 1 atom stereocenters. The lowest BCUT2D eigenvalue weighted by atomic mass is 10.2. The summed E-state index contributed by atoms with van der Waals surface area (Å²) in [6, 6.07) is 3.73. The number of pyridine rings is 1. The summed E-state index contributed by atoms with van der Waals surface area (Å²) in [6.07, 6.45) is 4.36. The molecule has 1 amide bonds. The molecule has 3 heterocycles. The molecule has 6 heteroatoms. The molecule has 0 saturated carbocycles. The SMILES string of the molecule is O=C(O)N1CCCC1c1nc(-c2ccncc2)cs1. The normalized spacial score (nSPS) is 18.7. The van der Waals surface area contributed by atoms with Gasteiger partial charge in [0.2, 0.25) is 0 Å². The van der Waals surface area contributed by atoms with Crippen LogP contribution in [-0.2, 0) is 0 Å². The maximum atomic E-state index is 11.2. The summed E-state index contributed by atoms with van der Waals surface area (Å²) >= 11 is 1.53. The van der Waals surface area contributed by atoms with E-state index < -0.39 is 6.09 Å². The van der Waals surface area contributed by atoms with Crippen molar-refractivity contribution in [2.75, 3.05) is 6.54 Å². The summed E-state index contributed by atoms with van der Waals surface area (Å²) in [4.78, 5) is 21.2. The third-order valence-corrected chi connectivity index (χ3v) is 4.23. The number of hydrogen-bond donors (Lipinski definition) is 1. The Morgan fingerprint density at radius 3 is 2.95 bits per heavy atom. The van der Waals surface area contributed by atoms with E-state index in [-0.39, 0.29) is 6.04 Å². The van der Waals surface area contributed by atoms with Gasteiger partial charge in [-0.1, -0.05) is 0 Å². The van der Waals surface area contributed by atoms with Crippen LogP contribution in [0, 0.1) is 0 Å². The Balaban J connectivity index is 1.87. The van der Waals surface area contributed by atoms with E-state index >= 15 is 0 Å². The highest BCUT2D eigenvalue weighted by Crippen LogP contribution is 2.35. The second kappa shape index (κ2) is 4.97. The first-order valence-corrected chi connectivity index (χ1v) is 6.99. The lowest BCUT2D eigenvalue weighted by Gasteiger charge is -2.18. The minimum Gasteiger partial charge on any atom is -0.465 e. The van der Waals surface area contributed by atoms with Gasteiger partial charge in [0.05, 0.1) is 11.7 Å². The molecule has 1 aliphatic rings. The highest BCUT2D eigenvalue weighted by molar-refractivity contribution is 7.10. The largest absolute Gasteiger partial charge is 0.465 e. The molecule has 0 bridgehead atoms. The molecular weight excluding hydrogens is 262 g/mol. The zero-order valence-electron chi connectivity index (χ0n) is 10.2. The number of carbonyl (C=O) groups is 1. The van der Waals surface area contributed by atoms with E-state index in [4.69, 9.17) is 5.11 Å². The fraction of sp³-hybridized carbons (Fsp3) is 0.308. The van der Waals surface area contributed by atoms with Crippen LogP contribution >= 0.6 is 11.3 Å². The average Bonchev–Trinajstić information content (AvgIpc) is 3.08. The van der Waals surface area contributed by atoms with E-state index in [0.29, 0.717) is 6.54 Å². The van der Waals surface area contributed by atoms with Gasteiger partial charge in [-0.3, -0.25) is 9.88 Å². The van der Waals surface area contributed by atoms with Gasteiger partial charge in [-0.2, -0.15) is 0 Å². The van der Waals surface area contributed by atoms with Crippen LogP contribution in [0.2, 0.25) is 0 Å². The van der Waals surface area contributed by atoms with Crippen LogP contribution in [0.4, 0.5) is 4.79 Å². The smallest absolute Gasteiger partial charge is 0.407 e. The predicted octanol–water partition coefficient (Wildman–Crippen LogP) is 3.02. The van der Waals surface area contributed by atoms with Gasteiger partial charge in [0.15, 0.2) is 0 Å². The van der Waals surface area contributed by atoms with Crippen LogP contribution in [0.3, 0.4) is 0 Å². The fourth-order valence-electron chi connectivity index (χ4n) is 2.35. The molecule has 0 aliphatic carbocycles. The highest BCUT2D eigenvalue weighted by atomic mass is 32.1. The number of hydrogen-bond acceptors (Lipinski definition) is 4. The molecule has 2 aromatic rings. The molecular formula is C13H13N3O2S. The van der Waals surface area contributed by atoms with E-state index in [1.165, 1.54) is 16.2 Å². The van der Waals surface area contributed by atoms with Gasteiger partial charge in [0.1, 0.15) is 5.01 Å². The van der Waals surface area contributed by atoms with Crippen molar-refractivity contribution >= 4 is 17.4 Å². The number of amides is 1. The zero-order chi connectivity index (χ0) is 13.2. The van der Waals surface area contributed by atoms with Crippen molar-refractivity contribution in [3.63, 3.8) is 0 Å². The van der Waals surface area contributed by atoms with Gasteiger partial charge < -0.3 is 5.11 Å². The summed E-state index contributed by atoms with van der Waals surface area (Å²) in [7, 11) is 0. The van der Waals surface area contributed by atoms with E-state index in [1.54, 1.807) is 12.4 Å². The van der Waals surface area contributed by atoms with Gasteiger partial charge in [0.25, 0.3) is 0 Å². The fourth-order valence-corrected chi connectivity index (χ4v) is 3.32. The summed E-state index contributed by atoms with van der Waals surface area (Å²) in [5, 5.41) is 12.0. The second-order valence-corrected chi connectivity index (χ2v) is 5.33. The number of carboxylic acid groups (broad SMARTS) is 1. The monoisotopic (exact) mass is 275 g/mol. The number of nitrogens with zero attached hydrogens (tertiary/aromatic N) is 3. The van der Waals surface area contributed by atoms with Gasteiger partial charge >= 0.3 is 6.09 Å². The Bertz CT molecular complexity index is 585.